The first-order valence-electron chi connectivity index (χ1n) is 13.7. The lowest BCUT2D eigenvalue weighted by atomic mass is 9.97. The number of ether oxygens (including phenoxy) is 1. The van der Waals surface area contributed by atoms with Gasteiger partial charge in [0.2, 0.25) is 5.91 Å². The number of nitrogens with zero attached hydrogens (tertiary/aromatic N) is 1. The predicted molar refractivity (Wildman–Crippen MR) is 156 cm³/mol. The lowest BCUT2D eigenvalue weighted by Gasteiger charge is -2.32. The van der Waals surface area contributed by atoms with Gasteiger partial charge in [0.25, 0.3) is 5.91 Å². The van der Waals surface area contributed by atoms with Crippen LogP contribution in [0.3, 0.4) is 0 Å². The summed E-state index contributed by atoms with van der Waals surface area (Å²) >= 11 is 0. The monoisotopic (exact) mass is 533 g/mol. The Bertz CT molecular complexity index is 1160. The highest BCUT2D eigenvalue weighted by molar-refractivity contribution is 5.99. The van der Waals surface area contributed by atoms with Crippen molar-refractivity contribution in [1.82, 2.24) is 10.2 Å². The zero-order valence-electron chi connectivity index (χ0n) is 24.2. The molecule has 2 N–H and O–H groups in total. The number of hydrogen-bond acceptors (Lipinski definition) is 4. The Morgan fingerprint density at radius 3 is 2.23 bits per heavy atom. The number of alkyl carbamates (subject to hydrolysis) is 1. The number of terminal acetylenes is 1. The molecule has 0 heterocycles. The van der Waals surface area contributed by atoms with Crippen LogP contribution < -0.4 is 10.6 Å². The number of hydrogen-bond donors (Lipinski definition) is 2. The van der Waals surface area contributed by atoms with Crippen molar-refractivity contribution in [1.29, 1.82) is 0 Å². The van der Waals surface area contributed by atoms with Gasteiger partial charge in [-0.15, -0.1) is 6.42 Å². The maximum atomic E-state index is 14.0. The van der Waals surface area contributed by atoms with Crippen LogP contribution in [0.1, 0.15) is 88.1 Å². The van der Waals surface area contributed by atoms with Crippen molar-refractivity contribution in [3.8, 4) is 12.3 Å². The van der Waals surface area contributed by atoms with Crippen LogP contribution in [-0.2, 0) is 14.3 Å². The van der Waals surface area contributed by atoms with E-state index in [9.17, 15) is 14.4 Å². The topological polar surface area (TPSA) is 87.7 Å². The smallest absolute Gasteiger partial charge is 0.408 e. The number of carbonyl (C=O) groups excluding carboxylic acids is 3. The molecule has 2 aromatic rings. The Morgan fingerprint density at radius 2 is 1.62 bits per heavy atom. The van der Waals surface area contributed by atoms with Crippen LogP contribution in [0, 0.1) is 26.2 Å². The average molecular weight is 534 g/mol. The Balaban J connectivity index is 2.46. The van der Waals surface area contributed by atoms with Crippen molar-refractivity contribution in [3.05, 3.63) is 64.7 Å². The minimum absolute atomic E-state index is 0.310. The molecule has 1 atom stereocenters. The molecule has 0 spiro atoms. The van der Waals surface area contributed by atoms with Gasteiger partial charge >= 0.3 is 6.09 Å². The molecular weight excluding hydrogens is 490 g/mol. The third kappa shape index (κ3) is 9.79. The largest absolute Gasteiger partial charge is 0.444 e. The van der Waals surface area contributed by atoms with E-state index in [2.05, 4.69) is 23.5 Å². The Hall–Kier alpha value is -3.79. The van der Waals surface area contributed by atoms with Crippen LogP contribution in [0.5, 0.6) is 0 Å². The number of benzene rings is 2. The summed E-state index contributed by atoms with van der Waals surface area (Å²) in [6.45, 7) is 11.3. The van der Waals surface area contributed by atoms with Crippen molar-refractivity contribution < 1.29 is 19.1 Å². The number of rotatable bonds is 12. The summed E-state index contributed by atoms with van der Waals surface area (Å²) in [5, 5.41) is 5.60. The van der Waals surface area contributed by atoms with Crippen molar-refractivity contribution in [2.24, 2.45) is 0 Å². The standard InChI is InChI=1S/C32H43N3O4/c1-8-10-11-12-15-21-35(27(36)22-33-31(38)39-32(5,6)7)29(26-20-14-13-19-25(26)9-2)30(37)34-28-23(3)17-16-18-24(28)4/h2,13-14,16-20,29H,8,10-12,15,21-22H2,1,3-7H3,(H,33,38)(H,34,37). The summed E-state index contributed by atoms with van der Waals surface area (Å²) in [4.78, 5) is 41.5. The van der Waals surface area contributed by atoms with E-state index in [1.165, 1.54) is 4.90 Å². The first-order valence-corrected chi connectivity index (χ1v) is 13.7. The summed E-state index contributed by atoms with van der Waals surface area (Å²) in [5.41, 5.74) is 2.91. The molecule has 0 saturated carbocycles. The summed E-state index contributed by atoms with van der Waals surface area (Å²) in [6.07, 6.45) is 9.99. The minimum Gasteiger partial charge on any atom is -0.444 e. The molecule has 0 saturated heterocycles. The molecule has 2 rings (SSSR count). The lowest BCUT2D eigenvalue weighted by molar-refractivity contribution is -0.138. The summed E-state index contributed by atoms with van der Waals surface area (Å²) in [5.74, 6) is 1.90. The maximum Gasteiger partial charge on any atom is 0.408 e. The number of para-hydroxylation sites is 1. The van der Waals surface area contributed by atoms with E-state index in [1.807, 2.05) is 32.0 Å². The van der Waals surface area contributed by atoms with Gasteiger partial charge in [0.15, 0.2) is 0 Å². The van der Waals surface area contributed by atoms with E-state index in [1.54, 1.807) is 45.0 Å². The van der Waals surface area contributed by atoms with E-state index in [0.717, 1.165) is 36.8 Å². The Kier molecular flexibility index (Phi) is 12.1. The zero-order chi connectivity index (χ0) is 29.0. The molecule has 3 amide bonds. The molecule has 0 bridgehead atoms. The van der Waals surface area contributed by atoms with Crippen LogP contribution >= 0.6 is 0 Å². The summed E-state index contributed by atoms with van der Waals surface area (Å²) in [7, 11) is 0. The number of aryl methyl sites for hydroxylation is 2. The lowest BCUT2D eigenvalue weighted by Crippen LogP contribution is -2.47. The maximum absolute atomic E-state index is 14.0. The van der Waals surface area contributed by atoms with Gasteiger partial charge in [0.05, 0.1) is 0 Å². The first-order chi connectivity index (χ1) is 18.5. The quantitative estimate of drug-likeness (QED) is 0.248. The van der Waals surface area contributed by atoms with Gasteiger partial charge in [-0.25, -0.2) is 4.79 Å². The highest BCUT2D eigenvalue weighted by atomic mass is 16.6. The second kappa shape index (κ2) is 15.0. The van der Waals surface area contributed by atoms with E-state index in [0.29, 0.717) is 29.8 Å². The van der Waals surface area contributed by atoms with Crippen molar-refractivity contribution >= 4 is 23.6 Å². The fraction of sp³-hybridized carbons (Fsp3) is 0.469. The fourth-order valence-electron chi connectivity index (χ4n) is 4.37. The van der Waals surface area contributed by atoms with Crippen LogP contribution in [0.25, 0.3) is 0 Å². The molecule has 0 radical (unpaired) electrons. The van der Waals surface area contributed by atoms with E-state index >= 15 is 0 Å². The summed E-state index contributed by atoms with van der Waals surface area (Å²) in [6, 6.07) is 11.9. The number of unbranched alkanes of at least 4 members (excludes halogenated alkanes) is 4. The molecule has 0 aromatic heterocycles. The Labute approximate surface area is 233 Å². The highest BCUT2D eigenvalue weighted by Crippen LogP contribution is 2.29. The molecule has 0 aliphatic carbocycles. The Morgan fingerprint density at radius 1 is 0.974 bits per heavy atom. The molecule has 7 nitrogen and oxygen atoms in total. The molecule has 0 fully saturated rings. The third-order valence-electron chi connectivity index (χ3n) is 6.31. The number of nitrogens with one attached hydrogen (secondary N) is 2. The van der Waals surface area contributed by atoms with Crippen molar-refractivity contribution in [2.45, 2.75) is 85.3 Å². The molecule has 7 heteroatoms. The average Bonchev–Trinajstić information content (AvgIpc) is 2.87. The SMILES string of the molecule is C#Cc1ccccc1C(C(=O)Nc1c(C)cccc1C)N(CCCCCCC)C(=O)CNC(=O)OC(C)(C)C. The van der Waals surface area contributed by atoms with Gasteiger partial charge in [-0.05, 0) is 63.8 Å². The van der Waals surface area contributed by atoms with Gasteiger partial charge in [0, 0.05) is 17.8 Å². The molecule has 210 valence electrons. The first kappa shape index (κ1) is 31.4. The fourth-order valence-corrected chi connectivity index (χ4v) is 4.37. The van der Waals surface area contributed by atoms with Crippen LogP contribution in [0.15, 0.2) is 42.5 Å². The van der Waals surface area contributed by atoms with E-state index in [-0.39, 0.29) is 12.5 Å². The zero-order valence-corrected chi connectivity index (χ0v) is 24.2. The van der Waals surface area contributed by atoms with Crippen molar-refractivity contribution in [3.63, 3.8) is 0 Å². The minimum atomic E-state index is -0.990. The number of amides is 3. The second-order valence-corrected chi connectivity index (χ2v) is 10.7. The molecule has 0 aliphatic heterocycles. The summed E-state index contributed by atoms with van der Waals surface area (Å²) < 4.78 is 5.30. The van der Waals surface area contributed by atoms with Gasteiger partial charge in [-0.3, -0.25) is 9.59 Å². The van der Waals surface area contributed by atoms with E-state index < -0.39 is 23.6 Å². The molecule has 0 aliphatic rings. The molecule has 1 unspecified atom stereocenters. The van der Waals surface area contributed by atoms with Crippen LogP contribution in [0.2, 0.25) is 0 Å². The van der Waals surface area contributed by atoms with Crippen LogP contribution in [0.4, 0.5) is 10.5 Å². The van der Waals surface area contributed by atoms with Gasteiger partial charge in [-0.1, -0.05) is 74.9 Å². The molecule has 39 heavy (non-hydrogen) atoms. The molecule has 2 aromatic carbocycles. The van der Waals surface area contributed by atoms with Gasteiger partial charge in [-0.2, -0.15) is 0 Å². The predicted octanol–water partition coefficient (Wildman–Crippen LogP) is 6.29. The second-order valence-electron chi connectivity index (χ2n) is 10.7. The number of carbonyl (C=O) groups is 3. The highest BCUT2D eigenvalue weighted by Gasteiger charge is 2.33. The van der Waals surface area contributed by atoms with Crippen molar-refractivity contribution in [2.75, 3.05) is 18.4 Å². The van der Waals surface area contributed by atoms with Gasteiger partial charge in [0.1, 0.15) is 18.2 Å². The number of anilines is 1. The normalized spacial score (nSPS) is 11.7. The third-order valence-corrected chi connectivity index (χ3v) is 6.31. The van der Waals surface area contributed by atoms with Gasteiger partial charge < -0.3 is 20.3 Å². The molecular formula is C32H43N3O4. The van der Waals surface area contributed by atoms with Crippen LogP contribution in [-0.4, -0.2) is 41.5 Å². The van der Waals surface area contributed by atoms with E-state index in [4.69, 9.17) is 11.2 Å².